The summed E-state index contributed by atoms with van der Waals surface area (Å²) in [6.07, 6.45) is 1.62. The van der Waals surface area contributed by atoms with Crippen molar-refractivity contribution in [1.29, 1.82) is 0 Å². The molecule has 0 radical (unpaired) electrons. The Morgan fingerprint density at radius 3 is 2.82 bits per heavy atom. The maximum atomic E-state index is 5.89. The fourth-order valence-corrected chi connectivity index (χ4v) is 1.94. The number of hydrogen-bond donors (Lipinski definition) is 1. The Labute approximate surface area is 107 Å². The molecule has 0 unspecified atom stereocenters. The average molecular weight is 268 g/mol. The van der Waals surface area contributed by atoms with Crippen molar-refractivity contribution < 1.29 is 4.42 Å². The lowest BCUT2D eigenvalue weighted by molar-refractivity contribution is 0.535. The lowest BCUT2D eigenvalue weighted by atomic mass is 10.2. The molecule has 0 spiro atoms. The Morgan fingerprint density at radius 1 is 1.29 bits per heavy atom. The van der Waals surface area contributed by atoms with Gasteiger partial charge in [0.1, 0.15) is 16.7 Å². The van der Waals surface area contributed by atoms with E-state index >= 15 is 0 Å². The summed E-state index contributed by atoms with van der Waals surface area (Å²) in [5.74, 6) is 1.48. The first-order valence-electron chi connectivity index (χ1n) is 4.91. The zero-order valence-electron chi connectivity index (χ0n) is 8.79. The van der Waals surface area contributed by atoms with Gasteiger partial charge >= 0.3 is 0 Å². The Hall–Kier alpha value is -1.52. The summed E-state index contributed by atoms with van der Waals surface area (Å²) < 4.78 is 5.23. The van der Waals surface area contributed by atoms with Gasteiger partial charge in [0.15, 0.2) is 5.65 Å². The number of nitrogens with zero attached hydrogens (tertiary/aromatic N) is 2. The normalized spacial score (nSPS) is 11.2. The van der Waals surface area contributed by atoms with Crippen molar-refractivity contribution in [2.45, 2.75) is 6.92 Å². The molecular weight excluding hydrogens is 261 g/mol. The van der Waals surface area contributed by atoms with Crippen molar-refractivity contribution >= 4 is 34.4 Å². The molecule has 17 heavy (non-hydrogen) atoms. The Balaban J connectivity index is 2.24. The number of imidazole rings is 1. The third kappa shape index (κ3) is 1.69. The predicted octanol–water partition coefficient (Wildman–Crippen LogP) is 3.83. The molecule has 0 fully saturated rings. The Morgan fingerprint density at radius 2 is 2.12 bits per heavy atom. The lowest BCUT2D eigenvalue weighted by Crippen LogP contribution is -1.80. The molecule has 0 aliphatic rings. The number of aromatic nitrogens is 3. The number of hydrogen-bond acceptors (Lipinski definition) is 3. The molecule has 0 aliphatic heterocycles. The lowest BCUT2D eigenvalue weighted by Gasteiger charge is -1.92. The Bertz CT molecular complexity index is 663. The van der Waals surface area contributed by atoms with Gasteiger partial charge in [-0.3, -0.25) is 0 Å². The van der Waals surface area contributed by atoms with E-state index in [9.17, 15) is 0 Å². The van der Waals surface area contributed by atoms with Crippen LogP contribution in [-0.4, -0.2) is 15.0 Å². The fraction of sp³-hybridized carbons (Fsp3) is 0.0909. The third-order valence-corrected chi connectivity index (χ3v) is 3.17. The van der Waals surface area contributed by atoms with E-state index in [1.807, 2.05) is 13.0 Å². The van der Waals surface area contributed by atoms with Crippen LogP contribution in [0.5, 0.6) is 0 Å². The molecule has 86 valence electrons. The zero-order chi connectivity index (χ0) is 12.0. The second-order valence-corrected chi connectivity index (χ2v) is 4.37. The largest absolute Gasteiger partial charge is 0.469 e. The van der Waals surface area contributed by atoms with E-state index in [2.05, 4.69) is 15.0 Å². The first-order chi connectivity index (χ1) is 8.15. The van der Waals surface area contributed by atoms with E-state index < -0.39 is 0 Å². The number of pyridine rings is 1. The van der Waals surface area contributed by atoms with Crippen LogP contribution in [0.25, 0.3) is 22.6 Å². The number of fused-ring (bicyclic) bond motifs is 1. The quantitative estimate of drug-likeness (QED) is 0.682. The summed E-state index contributed by atoms with van der Waals surface area (Å²) in [5, 5.41) is 0.652. The second kappa shape index (κ2) is 3.75. The smallest absolute Gasteiger partial charge is 0.179 e. The van der Waals surface area contributed by atoms with Crippen LogP contribution in [0.15, 0.2) is 22.8 Å². The molecule has 3 aromatic heterocycles. The monoisotopic (exact) mass is 267 g/mol. The van der Waals surface area contributed by atoms with Gasteiger partial charge in [-0.15, -0.1) is 0 Å². The molecule has 0 aliphatic carbocycles. The van der Waals surface area contributed by atoms with E-state index in [-0.39, 0.29) is 5.15 Å². The summed E-state index contributed by atoms with van der Waals surface area (Å²) in [4.78, 5) is 11.6. The first-order valence-corrected chi connectivity index (χ1v) is 5.67. The SMILES string of the molecule is Cc1occc1-c1nc2nc(Cl)c(Cl)cc2[nH]1. The van der Waals surface area contributed by atoms with Crippen molar-refractivity contribution in [3.8, 4) is 11.4 Å². The second-order valence-electron chi connectivity index (χ2n) is 3.61. The molecule has 0 saturated heterocycles. The summed E-state index contributed by atoms with van der Waals surface area (Å²) in [6, 6.07) is 3.55. The molecule has 0 amide bonds. The molecule has 4 nitrogen and oxygen atoms in total. The van der Waals surface area contributed by atoms with Crippen molar-refractivity contribution in [3.63, 3.8) is 0 Å². The summed E-state index contributed by atoms with van der Waals surface area (Å²) in [5.41, 5.74) is 2.18. The highest BCUT2D eigenvalue weighted by molar-refractivity contribution is 6.41. The standard InChI is InChI=1S/C11H7Cl2N3O/c1-5-6(2-3-17-5)10-14-8-4-7(12)9(13)15-11(8)16-10/h2-4H,1H3,(H,14,15,16). The van der Waals surface area contributed by atoms with Crippen molar-refractivity contribution in [1.82, 2.24) is 15.0 Å². The highest BCUT2D eigenvalue weighted by Crippen LogP contribution is 2.27. The van der Waals surface area contributed by atoms with E-state index in [4.69, 9.17) is 27.6 Å². The number of nitrogens with one attached hydrogen (secondary N) is 1. The summed E-state index contributed by atoms with van der Waals surface area (Å²) in [7, 11) is 0. The minimum Gasteiger partial charge on any atom is -0.469 e. The minimum atomic E-state index is 0.251. The van der Waals surface area contributed by atoms with E-state index in [0.29, 0.717) is 16.5 Å². The zero-order valence-corrected chi connectivity index (χ0v) is 10.3. The molecule has 6 heteroatoms. The fourth-order valence-electron chi connectivity index (χ4n) is 1.65. The number of H-pyrrole nitrogens is 1. The van der Waals surface area contributed by atoms with Gasteiger partial charge in [-0.1, -0.05) is 23.2 Å². The highest BCUT2D eigenvalue weighted by atomic mass is 35.5. The van der Waals surface area contributed by atoms with Crippen molar-refractivity contribution in [2.75, 3.05) is 0 Å². The van der Waals surface area contributed by atoms with Gasteiger partial charge in [0, 0.05) is 0 Å². The van der Waals surface area contributed by atoms with Gasteiger partial charge in [-0.05, 0) is 19.1 Å². The van der Waals surface area contributed by atoms with Crippen molar-refractivity contribution in [3.05, 3.63) is 34.3 Å². The van der Waals surface area contributed by atoms with Crippen LogP contribution in [-0.2, 0) is 0 Å². The molecular formula is C11H7Cl2N3O. The molecule has 3 heterocycles. The van der Waals surface area contributed by atoms with Crippen LogP contribution in [0.3, 0.4) is 0 Å². The van der Waals surface area contributed by atoms with Gasteiger partial charge in [0.05, 0.1) is 22.4 Å². The van der Waals surface area contributed by atoms with Crippen LogP contribution < -0.4 is 0 Å². The minimum absolute atomic E-state index is 0.251. The topological polar surface area (TPSA) is 54.7 Å². The number of furan rings is 1. The predicted molar refractivity (Wildman–Crippen MR) is 66.3 cm³/mol. The molecule has 0 atom stereocenters. The van der Waals surface area contributed by atoms with Crippen LogP contribution in [0.4, 0.5) is 0 Å². The molecule has 0 saturated carbocycles. The van der Waals surface area contributed by atoms with Crippen LogP contribution >= 0.6 is 23.2 Å². The summed E-state index contributed by atoms with van der Waals surface area (Å²) >= 11 is 11.7. The van der Waals surface area contributed by atoms with Gasteiger partial charge in [0.2, 0.25) is 0 Å². The van der Waals surface area contributed by atoms with E-state index in [1.54, 1.807) is 12.3 Å². The number of aromatic amines is 1. The van der Waals surface area contributed by atoms with Crippen molar-refractivity contribution in [2.24, 2.45) is 0 Å². The first kappa shape index (κ1) is 10.6. The van der Waals surface area contributed by atoms with Crippen LogP contribution in [0, 0.1) is 6.92 Å². The number of halogens is 2. The maximum absolute atomic E-state index is 5.89. The van der Waals surface area contributed by atoms with E-state index in [0.717, 1.165) is 16.8 Å². The van der Waals surface area contributed by atoms with E-state index in [1.165, 1.54) is 0 Å². The molecule has 3 rings (SSSR count). The van der Waals surface area contributed by atoms with Gasteiger partial charge in [-0.2, -0.15) is 0 Å². The highest BCUT2D eigenvalue weighted by Gasteiger charge is 2.12. The van der Waals surface area contributed by atoms with Crippen LogP contribution in [0.2, 0.25) is 10.2 Å². The third-order valence-electron chi connectivity index (χ3n) is 2.50. The van der Waals surface area contributed by atoms with Gasteiger partial charge in [0.25, 0.3) is 0 Å². The molecule has 1 N–H and O–H groups in total. The van der Waals surface area contributed by atoms with Crippen LogP contribution in [0.1, 0.15) is 5.76 Å². The van der Waals surface area contributed by atoms with Gasteiger partial charge < -0.3 is 9.40 Å². The molecule has 0 bridgehead atoms. The number of aryl methyl sites for hydroxylation is 1. The van der Waals surface area contributed by atoms with Gasteiger partial charge in [-0.25, -0.2) is 9.97 Å². The maximum Gasteiger partial charge on any atom is 0.179 e. The molecule has 0 aromatic carbocycles. The Kier molecular flexibility index (Phi) is 2.34. The number of rotatable bonds is 1. The average Bonchev–Trinajstić information content (AvgIpc) is 2.85. The summed E-state index contributed by atoms with van der Waals surface area (Å²) in [6.45, 7) is 1.87. The molecule has 3 aromatic rings.